The number of carbonyl (C=O) groups excluding carboxylic acids is 2. The van der Waals surface area contributed by atoms with Gasteiger partial charge in [0, 0.05) is 43.0 Å². The van der Waals surface area contributed by atoms with Gasteiger partial charge in [0.25, 0.3) is 11.8 Å². The van der Waals surface area contributed by atoms with Gasteiger partial charge in [-0.05, 0) is 66.8 Å². The molecule has 5 heterocycles. The molecule has 5 rings (SSSR count). The number of nitrogens with zero attached hydrogens (tertiary/aromatic N) is 4. The number of aliphatic hydroxyl groups excluding tert-OH is 1. The molecule has 0 aliphatic carbocycles. The normalized spacial score (nSPS) is 14.4. The fraction of sp³-hybridized carbons (Fsp3) is 0.400. The number of nitrogens with one attached hydrogen (secondary N) is 2. The van der Waals surface area contributed by atoms with E-state index in [1.54, 1.807) is 22.7 Å². The number of anilines is 1. The van der Waals surface area contributed by atoms with E-state index in [9.17, 15) is 14.7 Å². The standard InChI is InChI=1S/C30H36N6O3S/c1-20(2)15-23(18-37)33-30(39)27-26(22-10-14-40-19-22)34-28-24(7-6-13-36(27)28)29(38)32-17-21-8-9-25(31-16-21)35-11-4-3-5-12-35/h6-10,13-14,16,19-20,23,37H,3-5,11-12,15,17-18H2,1-2H3,(H,32,38)(H,33,39)/t23-/m0/s1. The lowest BCUT2D eigenvalue weighted by atomic mass is 10.0. The fourth-order valence-corrected chi connectivity index (χ4v) is 5.81. The summed E-state index contributed by atoms with van der Waals surface area (Å²) in [4.78, 5) is 38.6. The molecule has 3 N–H and O–H groups in total. The van der Waals surface area contributed by atoms with Gasteiger partial charge in [-0.25, -0.2) is 9.97 Å². The minimum atomic E-state index is -0.380. The van der Waals surface area contributed by atoms with E-state index in [0.717, 1.165) is 30.0 Å². The molecule has 1 fully saturated rings. The number of fused-ring (bicyclic) bond motifs is 1. The third kappa shape index (κ3) is 6.18. The van der Waals surface area contributed by atoms with Crippen molar-refractivity contribution < 1.29 is 14.7 Å². The van der Waals surface area contributed by atoms with Crippen molar-refractivity contribution in [3.8, 4) is 11.3 Å². The molecule has 0 unspecified atom stereocenters. The minimum absolute atomic E-state index is 0.157. The molecule has 2 amide bonds. The van der Waals surface area contributed by atoms with Crippen LogP contribution in [-0.4, -0.2) is 57.0 Å². The number of piperidine rings is 1. The maximum Gasteiger partial charge on any atom is 0.270 e. The van der Waals surface area contributed by atoms with Crippen molar-refractivity contribution in [1.82, 2.24) is 25.0 Å². The van der Waals surface area contributed by atoms with E-state index in [4.69, 9.17) is 4.98 Å². The van der Waals surface area contributed by atoms with Crippen molar-refractivity contribution >= 4 is 34.6 Å². The number of amides is 2. The molecule has 4 aromatic rings. The Morgan fingerprint density at radius 2 is 1.93 bits per heavy atom. The lowest BCUT2D eigenvalue weighted by Gasteiger charge is -2.27. The van der Waals surface area contributed by atoms with Crippen molar-refractivity contribution in [3.05, 3.63) is 70.3 Å². The number of rotatable bonds is 10. The highest BCUT2D eigenvalue weighted by Gasteiger charge is 2.26. The van der Waals surface area contributed by atoms with E-state index >= 15 is 0 Å². The lowest BCUT2D eigenvalue weighted by Crippen LogP contribution is -2.39. The van der Waals surface area contributed by atoms with E-state index in [-0.39, 0.29) is 24.5 Å². The van der Waals surface area contributed by atoms with Gasteiger partial charge in [-0.2, -0.15) is 11.3 Å². The van der Waals surface area contributed by atoms with E-state index in [1.807, 2.05) is 49.0 Å². The minimum Gasteiger partial charge on any atom is -0.394 e. The lowest BCUT2D eigenvalue weighted by molar-refractivity contribution is 0.0901. The van der Waals surface area contributed by atoms with Crippen molar-refractivity contribution in [2.24, 2.45) is 5.92 Å². The monoisotopic (exact) mass is 560 g/mol. The van der Waals surface area contributed by atoms with Crippen molar-refractivity contribution in [3.63, 3.8) is 0 Å². The third-order valence-corrected chi connectivity index (χ3v) is 7.84. The first-order chi connectivity index (χ1) is 19.4. The molecule has 1 aliphatic heterocycles. The Labute approximate surface area is 238 Å². The number of pyridine rings is 2. The average Bonchev–Trinajstić information content (AvgIpc) is 3.64. The van der Waals surface area contributed by atoms with Crippen LogP contribution in [0.2, 0.25) is 0 Å². The van der Waals surface area contributed by atoms with E-state index in [1.165, 1.54) is 30.6 Å². The Kier molecular flexibility index (Phi) is 8.76. The van der Waals surface area contributed by atoms with E-state index in [2.05, 4.69) is 20.5 Å². The van der Waals surface area contributed by atoms with E-state index in [0.29, 0.717) is 41.5 Å². The molecular weight excluding hydrogens is 524 g/mol. The predicted molar refractivity (Wildman–Crippen MR) is 158 cm³/mol. The molecule has 9 nitrogen and oxygen atoms in total. The first-order valence-corrected chi connectivity index (χ1v) is 14.8. The number of imidazole rings is 1. The van der Waals surface area contributed by atoms with Gasteiger partial charge in [-0.15, -0.1) is 0 Å². The zero-order valence-corrected chi connectivity index (χ0v) is 23.8. The molecular formula is C30H36N6O3S. The van der Waals surface area contributed by atoms with Crippen LogP contribution < -0.4 is 15.5 Å². The summed E-state index contributed by atoms with van der Waals surface area (Å²) in [5, 5.41) is 19.6. The summed E-state index contributed by atoms with van der Waals surface area (Å²) >= 11 is 1.51. The second-order valence-corrected chi connectivity index (χ2v) is 11.5. The SMILES string of the molecule is CC(C)C[C@@H](CO)NC(=O)c1c(-c2ccsc2)nc2c(C(=O)NCc3ccc(N4CCCCC4)nc3)cccn12. The summed E-state index contributed by atoms with van der Waals surface area (Å²) in [6.07, 6.45) is 7.85. The van der Waals surface area contributed by atoms with E-state index < -0.39 is 0 Å². The molecule has 40 heavy (non-hydrogen) atoms. The van der Waals surface area contributed by atoms with Gasteiger partial charge in [-0.1, -0.05) is 19.9 Å². The van der Waals surface area contributed by atoms with Gasteiger partial charge in [0.2, 0.25) is 0 Å². The molecule has 0 saturated carbocycles. The number of carbonyl (C=O) groups is 2. The van der Waals surface area contributed by atoms with Gasteiger partial charge in [0.05, 0.1) is 18.2 Å². The molecule has 1 saturated heterocycles. The Morgan fingerprint density at radius 1 is 1.10 bits per heavy atom. The number of hydrogen-bond donors (Lipinski definition) is 3. The van der Waals surface area contributed by atoms with Gasteiger partial charge in [0.15, 0.2) is 5.65 Å². The van der Waals surface area contributed by atoms with Crippen LogP contribution in [0.4, 0.5) is 5.82 Å². The van der Waals surface area contributed by atoms with Gasteiger partial charge in [0.1, 0.15) is 17.2 Å². The van der Waals surface area contributed by atoms with Crippen LogP contribution in [0, 0.1) is 5.92 Å². The fourth-order valence-electron chi connectivity index (χ4n) is 5.17. The Morgan fingerprint density at radius 3 is 2.60 bits per heavy atom. The summed E-state index contributed by atoms with van der Waals surface area (Å²) in [5.74, 6) is 0.654. The third-order valence-electron chi connectivity index (χ3n) is 7.16. The van der Waals surface area contributed by atoms with Crippen LogP contribution in [0.15, 0.2) is 53.5 Å². The van der Waals surface area contributed by atoms with Gasteiger partial charge < -0.3 is 20.6 Å². The predicted octanol–water partition coefficient (Wildman–Crippen LogP) is 4.51. The second-order valence-electron chi connectivity index (χ2n) is 10.7. The number of aromatic nitrogens is 3. The summed E-state index contributed by atoms with van der Waals surface area (Å²) in [5.41, 5.74) is 3.31. The molecule has 0 aromatic carbocycles. The molecule has 0 bridgehead atoms. The summed E-state index contributed by atoms with van der Waals surface area (Å²) < 4.78 is 1.66. The number of hydrogen-bond acceptors (Lipinski definition) is 7. The average molecular weight is 561 g/mol. The molecule has 0 radical (unpaired) electrons. The zero-order valence-electron chi connectivity index (χ0n) is 23.0. The van der Waals surface area contributed by atoms with Crippen LogP contribution in [0.25, 0.3) is 16.9 Å². The first-order valence-electron chi connectivity index (χ1n) is 13.9. The molecule has 1 atom stereocenters. The van der Waals surface area contributed by atoms with Gasteiger partial charge in [-0.3, -0.25) is 14.0 Å². The van der Waals surface area contributed by atoms with Crippen molar-refractivity contribution in [2.75, 3.05) is 24.6 Å². The van der Waals surface area contributed by atoms with Crippen LogP contribution in [-0.2, 0) is 6.54 Å². The van der Waals surface area contributed by atoms with Crippen LogP contribution >= 0.6 is 11.3 Å². The topological polar surface area (TPSA) is 112 Å². The quantitative estimate of drug-likeness (QED) is 0.263. The van der Waals surface area contributed by atoms with Crippen molar-refractivity contribution in [2.45, 2.75) is 52.1 Å². The highest BCUT2D eigenvalue weighted by Crippen LogP contribution is 2.28. The highest BCUT2D eigenvalue weighted by atomic mass is 32.1. The molecule has 1 aliphatic rings. The Bertz CT molecular complexity index is 1440. The highest BCUT2D eigenvalue weighted by molar-refractivity contribution is 7.08. The van der Waals surface area contributed by atoms with Crippen molar-refractivity contribution in [1.29, 1.82) is 0 Å². The van der Waals surface area contributed by atoms with Crippen LogP contribution in [0.5, 0.6) is 0 Å². The second kappa shape index (κ2) is 12.6. The number of aliphatic hydroxyl groups is 1. The Balaban J connectivity index is 1.38. The summed E-state index contributed by atoms with van der Waals surface area (Å²) in [6, 6.07) is 8.99. The van der Waals surface area contributed by atoms with Gasteiger partial charge >= 0.3 is 0 Å². The van der Waals surface area contributed by atoms with Crippen LogP contribution in [0.3, 0.4) is 0 Å². The zero-order chi connectivity index (χ0) is 28.1. The summed E-state index contributed by atoms with van der Waals surface area (Å²) in [6.45, 7) is 6.32. The molecule has 0 spiro atoms. The molecule has 210 valence electrons. The van der Waals surface area contributed by atoms with Crippen LogP contribution in [0.1, 0.15) is 65.9 Å². The summed E-state index contributed by atoms with van der Waals surface area (Å²) in [7, 11) is 0. The smallest absolute Gasteiger partial charge is 0.270 e. The largest absolute Gasteiger partial charge is 0.394 e. The first kappa shape index (κ1) is 27.8. The maximum atomic E-state index is 13.5. The number of thiophene rings is 1. The maximum absolute atomic E-state index is 13.5. The Hall–Kier alpha value is -3.76. The molecule has 4 aromatic heterocycles. The molecule has 10 heteroatoms.